The number of benzene rings is 1. The van der Waals surface area contributed by atoms with E-state index in [0.29, 0.717) is 33.2 Å². The van der Waals surface area contributed by atoms with Crippen molar-refractivity contribution >= 4 is 27.7 Å². The van der Waals surface area contributed by atoms with Gasteiger partial charge in [-0.1, -0.05) is 6.07 Å². The molecule has 134 valence electrons. The summed E-state index contributed by atoms with van der Waals surface area (Å²) in [6, 6.07) is 10.5. The van der Waals surface area contributed by atoms with E-state index in [9.17, 15) is 4.79 Å². The number of methoxy groups -OCH3 is 2. The van der Waals surface area contributed by atoms with Crippen LogP contribution in [0, 0.1) is 6.92 Å². The van der Waals surface area contributed by atoms with Gasteiger partial charge in [0.1, 0.15) is 21.8 Å². The Balaban J connectivity index is 1.95. The number of ether oxygens (including phenoxy) is 2. The highest BCUT2D eigenvalue weighted by atomic mass is 79.9. The second-order valence-corrected chi connectivity index (χ2v) is 6.21. The Hall–Kier alpha value is -2.87. The van der Waals surface area contributed by atoms with E-state index in [2.05, 4.69) is 31.3 Å². The molecule has 3 rings (SSSR count). The number of aryl methyl sites for hydroxylation is 1. The van der Waals surface area contributed by atoms with Crippen molar-refractivity contribution in [1.29, 1.82) is 0 Å². The van der Waals surface area contributed by atoms with Crippen molar-refractivity contribution in [2.24, 2.45) is 0 Å². The molecule has 8 heteroatoms. The minimum Gasteiger partial charge on any atom is -0.495 e. The average Bonchev–Trinajstić information content (AvgIpc) is 3.02. The molecule has 0 atom stereocenters. The van der Waals surface area contributed by atoms with Gasteiger partial charge in [-0.2, -0.15) is 9.78 Å². The predicted molar refractivity (Wildman–Crippen MR) is 101 cm³/mol. The zero-order valence-electron chi connectivity index (χ0n) is 14.5. The van der Waals surface area contributed by atoms with Crippen molar-refractivity contribution in [3.8, 4) is 17.3 Å². The van der Waals surface area contributed by atoms with Crippen molar-refractivity contribution in [1.82, 2.24) is 14.8 Å². The summed E-state index contributed by atoms with van der Waals surface area (Å²) < 4.78 is 12.8. The maximum atomic E-state index is 12.8. The molecule has 0 saturated heterocycles. The molecule has 0 saturated carbocycles. The van der Waals surface area contributed by atoms with Gasteiger partial charge in [0.25, 0.3) is 5.91 Å². The van der Waals surface area contributed by atoms with Gasteiger partial charge in [-0.15, -0.1) is 0 Å². The quantitative estimate of drug-likeness (QED) is 0.687. The number of pyridine rings is 1. The number of rotatable bonds is 5. The van der Waals surface area contributed by atoms with Crippen molar-refractivity contribution in [3.05, 3.63) is 58.3 Å². The third-order valence-corrected chi connectivity index (χ3v) is 4.43. The molecule has 0 spiro atoms. The zero-order chi connectivity index (χ0) is 18.7. The Morgan fingerprint density at radius 3 is 2.42 bits per heavy atom. The molecule has 7 nitrogen and oxygen atoms in total. The van der Waals surface area contributed by atoms with E-state index in [1.807, 2.05) is 25.1 Å². The first-order chi connectivity index (χ1) is 12.5. The molecule has 26 heavy (non-hydrogen) atoms. The highest BCUT2D eigenvalue weighted by Crippen LogP contribution is 2.35. The summed E-state index contributed by atoms with van der Waals surface area (Å²) in [5.74, 6) is 1.83. The second kappa shape index (κ2) is 7.57. The van der Waals surface area contributed by atoms with Crippen molar-refractivity contribution in [2.75, 3.05) is 19.5 Å². The molecule has 0 unspecified atom stereocenters. The normalized spacial score (nSPS) is 10.5. The Morgan fingerprint density at radius 1 is 1.15 bits per heavy atom. The summed E-state index contributed by atoms with van der Waals surface area (Å²) >= 11 is 3.39. The first kappa shape index (κ1) is 17.9. The monoisotopic (exact) mass is 416 g/mol. The Labute approximate surface area is 159 Å². The van der Waals surface area contributed by atoms with Gasteiger partial charge in [0.15, 0.2) is 5.82 Å². The lowest BCUT2D eigenvalue weighted by Crippen LogP contribution is -2.16. The Bertz CT molecular complexity index is 916. The summed E-state index contributed by atoms with van der Waals surface area (Å²) in [6.45, 7) is 1.85. The van der Waals surface area contributed by atoms with E-state index in [1.165, 1.54) is 14.2 Å². The lowest BCUT2D eigenvalue weighted by atomic mass is 10.2. The molecule has 0 aliphatic rings. The second-order valence-electron chi connectivity index (χ2n) is 5.42. The lowest BCUT2D eigenvalue weighted by molar-refractivity contribution is 0.102. The van der Waals surface area contributed by atoms with E-state index >= 15 is 0 Å². The van der Waals surface area contributed by atoms with Crippen molar-refractivity contribution in [3.63, 3.8) is 0 Å². The van der Waals surface area contributed by atoms with E-state index in [-0.39, 0.29) is 5.91 Å². The van der Waals surface area contributed by atoms with Crippen LogP contribution in [0.4, 0.5) is 5.82 Å². The van der Waals surface area contributed by atoms with Crippen LogP contribution < -0.4 is 14.8 Å². The minimum atomic E-state index is -0.314. The molecular formula is C18H17BrN4O3. The maximum absolute atomic E-state index is 12.8. The van der Waals surface area contributed by atoms with E-state index < -0.39 is 0 Å². The molecule has 0 aliphatic heterocycles. The van der Waals surface area contributed by atoms with Crippen molar-refractivity contribution < 1.29 is 14.3 Å². The molecule has 0 bridgehead atoms. The van der Waals surface area contributed by atoms with Crippen LogP contribution in [0.2, 0.25) is 0 Å². The van der Waals surface area contributed by atoms with Gasteiger partial charge in [0.05, 0.1) is 19.9 Å². The van der Waals surface area contributed by atoms with Gasteiger partial charge in [-0.25, -0.2) is 4.98 Å². The van der Waals surface area contributed by atoms with Crippen LogP contribution in [0.3, 0.4) is 0 Å². The Morgan fingerprint density at radius 2 is 1.85 bits per heavy atom. The van der Waals surface area contributed by atoms with Gasteiger partial charge < -0.3 is 14.8 Å². The molecule has 0 radical (unpaired) electrons. The van der Waals surface area contributed by atoms with Crippen LogP contribution in [0.25, 0.3) is 5.82 Å². The average molecular weight is 417 g/mol. The SMILES string of the molecule is COc1cc(C(=O)Nc2cc(C)nn2-c2ccccn2)cc(OC)c1Br. The molecule has 1 amide bonds. The van der Waals surface area contributed by atoms with E-state index in [4.69, 9.17) is 9.47 Å². The molecule has 0 fully saturated rings. The smallest absolute Gasteiger partial charge is 0.257 e. The number of hydrogen-bond donors (Lipinski definition) is 1. The molecular weight excluding hydrogens is 400 g/mol. The summed E-state index contributed by atoms with van der Waals surface area (Å²) in [4.78, 5) is 17.0. The molecule has 1 aromatic carbocycles. The van der Waals surface area contributed by atoms with Gasteiger partial charge >= 0.3 is 0 Å². The fourth-order valence-electron chi connectivity index (χ4n) is 2.43. The summed E-state index contributed by atoms with van der Waals surface area (Å²) in [6.07, 6.45) is 1.67. The fourth-order valence-corrected chi connectivity index (χ4v) is 2.98. The number of halogens is 1. The third kappa shape index (κ3) is 3.55. The molecule has 2 aromatic heterocycles. The summed E-state index contributed by atoms with van der Waals surface area (Å²) in [5.41, 5.74) is 1.16. The number of carbonyl (C=O) groups is 1. The predicted octanol–water partition coefficient (Wildman–Crippen LogP) is 3.61. The van der Waals surface area contributed by atoms with Crippen LogP contribution >= 0.6 is 15.9 Å². The number of amides is 1. The fraction of sp³-hybridized carbons (Fsp3) is 0.167. The number of aromatic nitrogens is 3. The summed E-state index contributed by atoms with van der Waals surface area (Å²) in [7, 11) is 3.06. The van der Waals surface area contributed by atoms with E-state index in [1.54, 1.807) is 29.1 Å². The standard InChI is InChI=1S/C18H17BrN4O3/c1-11-8-16(23(22-11)15-6-4-5-7-20-15)21-18(24)12-9-13(25-2)17(19)14(10-12)26-3/h4-10H,1-3H3,(H,21,24). The van der Waals surface area contributed by atoms with Crippen LogP contribution in [-0.2, 0) is 0 Å². The van der Waals surface area contributed by atoms with Crippen LogP contribution in [0.5, 0.6) is 11.5 Å². The zero-order valence-corrected chi connectivity index (χ0v) is 16.1. The minimum absolute atomic E-state index is 0.314. The van der Waals surface area contributed by atoms with E-state index in [0.717, 1.165) is 5.69 Å². The number of carbonyl (C=O) groups excluding carboxylic acids is 1. The van der Waals surface area contributed by atoms with Crippen molar-refractivity contribution in [2.45, 2.75) is 6.92 Å². The van der Waals surface area contributed by atoms with Gasteiger partial charge in [0, 0.05) is 17.8 Å². The Kier molecular flexibility index (Phi) is 5.22. The van der Waals surface area contributed by atoms with Crippen LogP contribution in [-0.4, -0.2) is 34.9 Å². The summed E-state index contributed by atoms with van der Waals surface area (Å²) in [5, 5.41) is 7.26. The van der Waals surface area contributed by atoms with Crippen LogP contribution in [0.1, 0.15) is 16.1 Å². The van der Waals surface area contributed by atoms with Gasteiger partial charge in [-0.3, -0.25) is 4.79 Å². The third-order valence-electron chi connectivity index (χ3n) is 3.65. The first-order valence-corrected chi connectivity index (χ1v) is 8.53. The molecule has 1 N–H and O–H groups in total. The number of hydrogen-bond acceptors (Lipinski definition) is 5. The maximum Gasteiger partial charge on any atom is 0.257 e. The number of nitrogens with one attached hydrogen (secondary N) is 1. The molecule has 2 heterocycles. The number of anilines is 1. The largest absolute Gasteiger partial charge is 0.495 e. The molecule has 3 aromatic rings. The van der Waals surface area contributed by atoms with Crippen LogP contribution in [0.15, 0.2) is 47.1 Å². The number of nitrogens with zero attached hydrogens (tertiary/aromatic N) is 3. The highest BCUT2D eigenvalue weighted by Gasteiger charge is 2.17. The van der Waals surface area contributed by atoms with Gasteiger partial charge in [0.2, 0.25) is 0 Å². The first-order valence-electron chi connectivity index (χ1n) is 7.74. The van der Waals surface area contributed by atoms with Gasteiger partial charge in [-0.05, 0) is 47.1 Å². The topological polar surface area (TPSA) is 78.3 Å². The molecule has 0 aliphatic carbocycles. The lowest BCUT2D eigenvalue weighted by Gasteiger charge is -2.12. The highest BCUT2D eigenvalue weighted by molar-refractivity contribution is 9.10.